The quantitative estimate of drug-likeness (QED) is 0.178. The number of hydrogen-bond acceptors (Lipinski definition) is 0. The SMILES string of the molecule is [2H]c1c([2H])c([2H])c(-c2c([2H])c([2H])c([2H])c(-n3c4ccc(-n5c6ccccc6c6ccccc65)cc4c4cc(-n5c6c([2H])c([2H])c([2H])c([2H])c6c6c([2H])c([2H])c([2H])c([2H])c65)ccc43)c2[2H])c([2H])c1[2H]. The van der Waals surface area contributed by atoms with Crippen LogP contribution in [-0.2, 0) is 0 Å². The van der Waals surface area contributed by atoms with Gasteiger partial charge in [-0.1, -0.05) is 115 Å². The van der Waals surface area contributed by atoms with E-state index in [0.717, 1.165) is 21.8 Å². The lowest BCUT2D eigenvalue weighted by atomic mass is 10.1. The molecular weight excluding hydrogens is 619 g/mol. The first-order chi connectivity index (χ1) is 32.4. The Morgan fingerprint density at radius 3 is 1.39 bits per heavy atom. The van der Waals surface area contributed by atoms with Crippen LogP contribution in [0.5, 0.6) is 0 Å². The van der Waals surface area contributed by atoms with Crippen molar-refractivity contribution in [2.45, 2.75) is 0 Å². The maximum absolute atomic E-state index is 9.68. The summed E-state index contributed by atoms with van der Waals surface area (Å²) in [6.07, 6.45) is 0. The summed E-state index contributed by atoms with van der Waals surface area (Å²) in [4.78, 5) is 0. The van der Waals surface area contributed by atoms with Crippen molar-refractivity contribution in [3.63, 3.8) is 0 Å². The summed E-state index contributed by atoms with van der Waals surface area (Å²) < 4.78 is 155. The van der Waals surface area contributed by atoms with E-state index < -0.39 is 114 Å². The fraction of sp³-hybridized carbons (Fsp3) is 0. The monoisotopic (exact) mass is 666 g/mol. The van der Waals surface area contributed by atoms with Crippen LogP contribution in [0.4, 0.5) is 0 Å². The molecule has 0 fully saturated rings. The third kappa shape index (κ3) is 4.12. The van der Waals surface area contributed by atoms with Crippen molar-refractivity contribution in [3.8, 4) is 28.2 Å². The van der Waals surface area contributed by atoms with Crippen LogP contribution in [0.3, 0.4) is 0 Å². The van der Waals surface area contributed by atoms with Crippen LogP contribution in [0.1, 0.15) is 23.3 Å². The van der Waals surface area contributed by atoms with Crippen LogP contribution >= 0.6 is 0 Å². The highest BCUT2D eigenvalue weighted by Crippen LogP contribution is 2.39. The van der Waals surface area contributed by atoms with Gasteiger partial charge in [0.25, 0.3) is 0 Å². The molecule has 0 aliphatic heterocycles. The Morgan fingerprint density at radius 2 is 0.784 bits per heavy atom. The Balaban J connectivity index is 1.31. The van der Waals surface area contributed by atoms with Crippen molar-refractivity contribution in [2.24, 2.45) is 0 Å². The van der Waals surface area contributed by atoms with Gasteiger partial charge < -0.3 is 13.7 Å². The normalized spacial score (nSPS) is 16.6. The first-order valence-corrected chi connectivity index (χ1v) is 16.1. The zero-order chi connectivity index (χ0) is 48.3. The molecule has 0 saturated carbocycles. The van der Waals surface area contributed by atoms with Crippen LogP contribution in [-0.4, -0.2) is 13.7 Å². The number of aromatic nitrogens is 3. The zero-order valence-electron chi connectivity index (χ0n) is 43.4. The van der Waals surface area contributed by atoms with E-state index in [2.05, 4.69) is 4.57 Å². The molecule has 8 aromatic carbocycles. The molecule has 0 bridgehead atoms. The van der Waals surface area contributed by atoms with Gasteiger partial charge in [-0.2, -0.15) is 0 Å². The van der Waals surface area contributed by atoms with Gasteiger partial charge in [-0.15, -0.1) is 0 Å². The van der Waals surface area contributed by atoms with Crippen molar-refractivity contribution >= 4 is 65.4 Å². The minimum absolute atomic E-state index is 0.0953. The predicted octanol–water partition coefficient (Wildman–Crippen LogP) is 12.6. The van der Waals surface area contributed by atoms with Crippen LogP contribution in [0.25, 0.3) is 93.6 Å². The Kier molecular flexibility index (Phi) is 3.45. The van der Waals surface area contributed by atoms with E-state index in [-0.39, 0.29) is 33.2 Å². The van der Waals surface area contributed by atoms with Gasteiger partial charge in [0, 0.05) is 49.4 Å². The van der Waals surface area contributed by atoms with E-state index in [0.29, 0.717) is 27.5 Å². The molecule has 0 saturated heterocycles. The van der Waals surface area contributed by atoms with Crippen molar-refractivity contribution in [3.05, 3.63) is 188 Å². The van der Waals surface area contributed by atoms with E-state index in [1.54, 1.807) is 24.3 Å². The Hall–Kier alpha value is -6.84. The maximum Gasteiger partial charge on any atom is 0.0651 e. The topological polar surface area (TPSA) is 14.8 Å². The van der Waals surface area contributed by atoms with Crippen molar-refractivity contribution < 1.29 is 23.3 Å². The summed E-state index contributed by atoms with van der Waals surface area (Å²) in [7, 11) is 0. The number of benzene rings is 8. The molecule has 3 nitrogen and oxygen atoms in total. The standard InChI is InChI=1S/C48H31N3/c1-2-13-32(14-3-1)33-15-12-16-34(29-33)49-47-27-25-35(50-43-21-8-4-17-37(43)38-18-5-9-22-44(38)50)30-41(47)42-31-36(26-28-48(42)49)51-45-23-10-6-19-39(45)40-20-7-11-24-46(40)51/h1-31H/i1D,2D,3D,4D,5D,8D,9D,12D,13D,14D,15D,16D,17D,18D,21D,22D,29D. The number of para-hydroxylation sites is 4. The minimum Gasteiger partial charge on any atom is -0.309 e. The molecule has 0 atom stereocenters. The average Bonchev–Trinajstić information content (AvgIpc) is 3.99. The molecule has 11 rings (SSSR count). The van der Waals surface area contributed by atoms with Gasteiger partial charge in [-0.3, -0.25) is 0 Å². The summed E-state index contributed by atoms with van der Waals surface area (Å²) in [5.41, 5.74) is 2.08. The first-order valence-electron chi connectivity index (χ1n) is 24.6. The molecule has 0 aliphatic carbocycles. The molecule has 0 amide bonds. The molecule has 0 radical (unpaired) electrons. The lowest BCUT2D eigenvalue weighted by Crippen LogP contribution is -1.96. The summed E-state index contributed by atoms with van der Waals surface area (Å²) >= 11 is 0. The van der Waals surface area contributed by atoms with E-state index in [1.807, 2.05) is 60.7 Å². The summed E-state index contributed by atoms with van der Waals surface area (Å²) in [5.74, 6) is 0. The van der Waals surface area contributed by atoms with Gasteiger partial charge in [0.2, 0.25) is 0 Å². The first kappa shape index (κ1) is 16.2. The van der Waals surface area contributed by atoms with Gasteiger partial charge in [0.1, 0.15) is 0 Å². The van der Waals surface area contributed by atoms with E-state index in [1.165, 1.54) is 9.13 Å². The molecule has 0 N–H and O–H groups in total. The van der Waals surface area contributed by atoms with Crippen molar-refractivity contribution in [1.82, 2.24) is 13.7 Å². The van der Waals surface area contributed by atoms with Crippen molar-refractivity contribution in [1.29, 1.82) is 0 Å². The van der Waals surface area contributed by atoms with Gasteiger partial charge in [0.15, 0.2) is 0 Å². The van der Waals surface area contributed by atoms with Gasteiger partial charge in [0.05, 0.1) is 56.4 Å². The second kappa shape index (κ2) is 10.8. The second-order valence-corrected chi connectivity index (χ2v) is 12.1. The third-order valence-corrected chi connectivity index (χ3v) is 9.45. The van der Waals surface area contributed by atoms with Gasteiger partial charge in [-0.25, -0.2) is 0 Å². The van der Waals surface area contributed by atoms with Crippen LogP contribution in [0.15, 0.2) is 188 Å². The fourth-order valence-corrected chi connectivity index (χ4v) is 7.34. The second-order valence-electron chi connectivity index (χ2n) is 12.1. The molecule has 11 aromatic rings. The summed E-state index contributed by atoms with van der Waals surface area (Å²) in [5, 5.41) is 2.71. The molecule has 238 valence electrons. The highest BCUT2D eigenvalue weighted by Gasteiger charge is 2.19. The smallest absolute Gasteiger partial charge is 0.0651 e. The number of fused-ring (bicyclic) bond motifs is 9. The van der Waals surface area contributed by atoms with Gasteiger partial charge >= 0.3 is 0 Å². The summed E-state index contributed by atoms with van der Waals surface area (Å²) in [6, 6.07) is 15.9. The molecule has 0 spiro atoms. The maximum atomic E-state index is 9.68. The third-order valence-electron chi connectivity index (χ3n) is 9.45. The number of rotatable bonds is 4. The van der Waals surface area contributed by atoms with Crippen LogP contribution in [0.2, 0.25) is 0 Å². The minimum atomic E-state index is -0.704. The van der Waals surface area contributed by atoms with E-state index in [4.69, 9.17) is 20.6 Å². The van der Waals surface area contributed by atoms with E-state index >= 15 is 0 Å². The summed E-state index contributed by atoms with van der Waals surface area (Å²) in [6.45, 7) is 0. The molecule has 3 heteroatoms. The largest absolute Gasteiger partial charge is 0.309 e. The van der Waals surface area contributed by atoms with Crippen LogP contribution < -0.4 is 0 Å². The lowest BCUT2D eigenvalue weighted by molar-refractivity contribution is 1.16. The molecule has 0 aliphatic rings. The Morgan fingerprint density at radius 1 is 0.314 bits per heavy atom. The van der Waals surface area contributed by atoms with Crippen LogP contribution in [0, 0.1) is 0 Å². The number of hydrogen-bond donors (Lipinski definition) is 0. The molecule has 3 heterocycles. The predicted molar refractivity (Wildman–Crippen MR) is 215 cm³/mol. The van der Waals surface area contributed by atoms with Crippen molar-refractivity contribution in [2.75, 3.05) is 0 Å². The highest BCUT2D eigenvalue weighted by atomic mass is 15.0. The Bertz CT molecular complexity index is 3970. The number of nitrogens with zero attached hydrogens (tertiary/aromatic N) is 3. The molecular formula is C48H31N3. The zero-order valence-corrected chi connectivity index (χ0v) is 26.4. The average molecular weight is 667 g/mol. The molecule has 3 aromatic heterocycles. The van der Waals surface area contributed by atoms with E-state index in [9.17, 15) is 2.74 Å². The highest BCUT2D eigenvalue weighted by molar-refractivity contribution is 6.14. The Labute approximate surface area is 318 Å². The lowest BCUT2D eigenvalue weighted by Gasteiger charge is -2.12. The molecule has 0 unspecified atom stereocenters. The van der Waals surface area contributed by atoms with Gasteiger partial charge in [-0.05, 0) is 83.8 Å². The molecule has 51 heavy (non-hydrogen) atoms. The fourth-order valence-electron chi connectivity index (χ4n) is 7.34.